The van der Waals surface area contributed by atoms with Gasteiger partial charge in [0.1, 0.15) is 12.3 Å². The second-order valence-corrected chi connectivity index (χ2v) is 8.06. The summed E-state index contributed by atoms with van der Waals surface area (Å²) < 4.78 is 11.3. The molecule has 0 aromatic heterocycles. The fourth-order valence-electron chi connectivity index (χ4n) is 4.28. The molecule has 1 aliphatic heterocycles. The van der Waals surface area contributed by atoms with Crippen molar-refractivity contribution in [1.29, 1.82) is 0 Å². The Morgan fingerprint density at radius 1 is 1.04 bits per heavy atom. The lowest BCUT2D eigenvalue weighted by atomic mass is 9.67. The molecule has 3 nitrogen and oxygen atoms in total. The number of hydrogen-bond donors (Lipinski definition) is 1. The van der Waals surface area contributed by atoms with E-state index in [9.17, 15) is 0 Å². The molecule has 0 saturated carbocycles. The normalized spacial score (nSPS) is 22.1. The van der Waals surface area contributed by atoms with E-state index >= 15 is 0 Å². The summed E-state index contributed by atoms with van der Waals surface area (Å²) in [5.74, 6) is 0.918. The van der Waals surface area contributed by atoms with Crippen LogP contribution in [0.15, 0.2) is 54.6 Å². The van der Waals surface area contributed by atoms with E-state index in [4.69, 9.17) is 9.47 Å². The lowest BCUT2D eigenvalue weighted by molar-refractivity contribution is -0.672. The summed E-state index contributed by atoms with van der Waals surface area (Å²) in [6, 6.07) is 19.4. The maximum Gasteiger partial charge on any atom is 0.118 e. The molecule has 140 valence electrons. The molecule has 2 N–H and O–H groups in total. The van der Waals surface area contributed by atoms with Crippen molar-refractivity contribution in [2.45, 2.75) is 50.7 Å². The highest BCUT2D eigenvalue weighted by molar-refractivity contribution is 5.27. The molecule has 3 rings (SSSR count). The van der Waals surface area contributed by atoms with Gasteiger partial charge in [-0.25, -0.2) is 0 Å². The SMILES string of the molecule is COc1ccc(C[NH2+]CC[C@@]2(c3ccccc3)CCOC(C)(C)C2)cc1. The third-order valence-corrected chi connectivity index (χ3v) is 5.59. The first-order valence-electron chi connectivity index (χ1n) is 9.67. The van der Waals surface area contributed by atoms with Gasteiger partial charge in [0.15, 0.2) is 0 Å². The van der Waals surface area contributed by atoms with Gasteiger partial charge in [-0.05, 0) is 56.5 Å². The van der Waals surface area contributed by atoms with Crippen molar-refractivity contribution in [2.75, 3.05) is 20.3 Å². The number of hydrogen-bond acceptors (Lipinski definition) is 2. The molecule has 1 saturated heterocycles. The summed E-state index contributed by atoms with van der Waals surface area (Å²) in [7, 11) is 1.71. The largest absolute Gasteiger partial charge is 0.497 e. The van der Waals surface area contributed by atoms with Crippen molar-refractivity contribution in [1.82, 2.24) is 0 Å². The predicted molar refractivity (Wildman–Crippen MR) is 105 cm³/mol. The van der Waals surface area contributed by atoms with Crippen LogP contribution in [-0.4, -0.2) is 25.9 Å². The Morgan fingerprint density at radius 3 is 2.42 bits per heavy atom. The van der Waals surface area contributed by atoms with Crippen LogP contribution in [0.25, 0.3) is 0 Å². The zero-order valence-electron chi connectivity index (χ0n) is 16.3. The van der Waals surface area contributed by atoms with Crippen LogP contribution in [0.1, 0.15) is 44.2 Å². The average molecular weight is 355 g/mol. The molecule has 0 aliphatic carbocycles. The first kappa shape index (κ1) is 18.9. The Labute approximate surface area is 157 Å². The minimum atomic E-state index is -0.0515. The molecule has 3 heteroatoms. The number of ether oxygens (including phenoxy) is 2. The molecular weight excluding hydrogens is 322 g/mol. The van der Waals surface area contributed by atoms with E-state index in [0.29, 0.717) is 0 Å². The van der Waals surface area contributed by atoms with E-state index in [0.717, 1.165) is 38.3 Å². The van der Waals surface area contributed by atoms with Gasteiger partial charge in [-0.1, -0.05) is 30.3 Å². The Hall–Kier alpha value is -1.84. The summed E-state index contributed by atoms with van der Waals surface area (Å²) in [6.07, 6.45) is 3.37. The lowest BCUT2D eigenvalue weighted by Crippen LogP contribution is -2.83. The Kier molecular flexibility index (Phi) is 6.00. The minimum absolute atomic E-state index is 0.0515. The van der Waals surface area contributed by atoms with Gasteiger partial charge < -0.3 is 14.8 Å². The molecule has 0 spiro atoms. The van der Waals surface area contributed by atoms with Crippen molar-refractivity contribution in [3.63, 3.8) is 0 Å². The fourth-order valence-corrected chi connectivity index (χ4v) is 4.28. The van der Waals surface area contributed by atoms with Gasteiger partial charge in [0.25, 0.3) is 0 Å². The molecule has 1 fully saturated rings. The third kappa shape index (κ3) is 4.66. The molecule has 0 unspecified atom stereocenters. The Morgan fingerprint density at radius 2 is 1.77 bits per heavy atom. The minimum Gasteiger partial charge on any atom is -0.497 e. The third-order valence-electron chi connectivity index (χ3n) is 5.59. The van der Waals surface area contributed by atoms with Gasteiger partial charge in [0.05, 0.1) is 19.3 Å². The number of rotatable bonds is 7. The molecule has 1 atom stereocenters. The number of benzene rings is 2. The van der Waals surface area contributed by atoms with Gasteiger partial charge in [0.2, 0.25) is 0 Å². The first-order valence-corrected chi connectivity index (χ1v) is 9.67. The average Bonchev–Trinajstić information content (AvgIpc) is 2.66. The van der Waals surface area contributed by atoms with Crippen LogP contribution in [0.2, 0.25) is 0 Å². The van der Waals surface area contributed by atoms with Crippen LogP contribution in [0, 0.1) is 0 Å². The van der Waals surface area contributed by atoms with Crippen LogP contribution in [-0.2, 0) is 16.7 Å². The summed E-state index contributed by atoms with van der Waals surface area (Å²) >= 11 is 0. The topological polar surface area (TPSA) is 35.1 Å². The number of quaternary nitrogens is 1. The van der Waals surface area contributed by atoms with Crippen LogP contribution < -0.4 is 10.1 Å². The van der Waals surface area contributed by atoms with Crippen molar-refractivity contribution in [2.24, 2.45) is 0 Å². The molecule has 26 heavy (non-hydrogen) atoms. The highest BCUT2D eigenvalue weighted by Crippen LogP contribution is 2.43. The van der Waals surface area contributed by atoms with Gasteiger partial charge in [-0.2, -0.15) is 0 Å². The van der Waals surface area contributed by atoms with E-state index < -0.39 is 0 Å². The summed E-state index contributed by atoms with van der Waals surface area (Å²) in [4.78, 5) is 0. The lowest BCUT2D eigenvalue weighted by Gasteiger charge is -2.45. The van der Waals surface area contributed by atoms with Crippen molar-refractivity contribution in [3.05, 3.63) is 65.7 Å². The molecular formula is C23H32NO2+. The van der Waals surface area contributed by atoms with E-state index in [1.165, 1.54) is 17.5 Å². The van der Waals surface area contributed by atoms with Gasteiger partial charge >= 0.3 is 0 Å². The van der Waals surface area contributed by atoms with Gasteiger partial charge in [-0.3, -0.25) is 0 Å². The van der Waals surface area contributed by atoms with E-state index in [1.807, 2.05) is 12.1 Å². The summed E-state index contributed by atoms with van der Waals surface area (Å²) in [6.45, 7) is 7.43. The van der Waals surface area contributed by atoms with Crippen molar-refractivity contribution < 1.29 is 14.8 Å². The maximum atomic E-state index is 6.02. The molecule has 0 amide bonds. The zero-order chi connectivity index (χ0) is 18.5. The molecule has 0 bridgehead atoms. The van der Waals surface area contributed by atoms with Crippen molar-refractivity contribution >= 4 is 0 Å². The highest BCUT2D eigenvalue weighted by Gasteiger charge is 2.42. The van der Waals surface area contributed by atoms with Crippen LogP contribution in [0.5, 0.6) is 5.75 Å². The van der Waals surface area contributed by atoms with E-state index in [2.05, 4.69) is 61.6 Å². The first-order chi connectivity index (χ1) is 12.5. The Balaban J connectivity index is 1.63. The molecule has 2 aromatic rings. The number of nitrogens with two attached hydrogens (primary N) is 1. The fraction of sp³-hybridized carbons (Fsp3) is 0.478. The predicted octanol–water partition coefficient (Wildman–Crippen LogP) is 3.68. The smallest absolute Gasteiger partial charge is 0.118 e. The summed E-state index contributed by atoms with van der Waals surface area (Å²) in [5.41, 5.74) is 2.98. The quantitative estimate of drug-likeness (QED) is 0.770. The van der Waals surface area contributed by atoms with Crippen LogP contribution >= 0.6 is 0 Å². The monoisotopic (exact) mass is 354 g/mol. The second-order valence-electron chi connectivity index (χ2n) is 8.06. The van der Waals surface area contributed by atoms with Gasteiger partial charge in [-0.15, -0.1) is 0 Å². The van der Waals surface area contributed by atoms with Crippen molar-refractivity contribution in [3.8, 4) is 5.75 Å². The number of methoxy groups -OCH3 is 1. The van der Waals surface area contributed by atoms with E-state index in [1.54, 1.807) is 7.11 Å². The Bertz CT molecular complexity index is 681. The van der Waals surface area contributed by atoms with Gasteiger partial charge in [0, 0.05) is 24.0 Å². The maximum absolute atomic E-state index is 6.02. The second kappa shape index (κ2) is 8.24. The molecule has 2 aromatic carbocycles. The highest BCUT2D eigenvalue weighted by atomic mass is 16.5. The van der Waals surface area contributed by atoms with Crippen LogP contribution in [0.3, 0.4) is 0 Å². The molecule has 1 heterocycles. The van der Waals surface area contributed by atoms with Crippen LogP contribution in [0.4, 0.5) is 0 Å². The molecule has 1 aliphatic rings. The molecule has 0 radical (unpaired) electrons. The zero-order valence-corrected chi connectivity index (χ0v) is 16.3. The summed E-state index contributed by atoms with van der Waals surface area (Å²) in [5, 5.41) is 2.43. The standard InChI is InChI=1S/C23H31NO2/c1-22(2)18-23(14-16-26-22,20-7-5-4-6-8-20)13-15-24-17-19-9-11-21(25-3)12-10-19/h4-12,24H,13-18H2,1-3H3/p+1/t23-/m1/s1. The van der Waals surface area contributed by atoms with E-state index in [-0.39, 0.29) is 11.0 Å².